The Morgan fingerprint density at radius 1 is 0.667 bits per heavy atom. The van der Waals surface area contributed by atoms with Crippen LogP contribution in [0.25, 0.3) is 0 Å². The molecule has 0 saturated heterocycles. The van der Waals surface area contributed by atoms with Crippen LogP contribution in [-0.2, 0) is 0 Å². The molecule has 1 nitrogen and oxygen atoms in total. The van der Waals surface area contributed by atoms with Gasteiger partial charge in [-0.2, -0.15) is 0 Å². The van der Waals surface area contributed by atoms with E-state index in [9.17, 15) is 0 Å². The first-order valence-electron chi connectivity index (χ1n) is 8.26. The lowest BCUT2D eigenvalue weighted by atomic mass is 9.97. The van der Waals surface area contributed by atoms with Gasteiger partial charge in [-0.1, -0.05) is 85.0 Å². The lowest BCUT2D eigenvalue weighted by molar-refractivity contribution is 0.440. The number of unbranched alkanes of at least 4 members (excludes halogenated alkanes) is 8. The predicted molar refractivity (Wildman–Crippen MR) is 86.1 cm³/mol. The summed E-state index contributed by atoms with van der Waals surface area (Å²) in [5.74, 6) is 0. The van der Waals surface area contributed by atoms with Crippen molar-refractivity contribution >= 4 is 0 Å². The van der Waals surface area contributed by atoms with Gasteiger partial charge in [0, 0.05) is 5.54 Å². The molecule has 0 fully saturated rings. The van der Waals surface area contributed by atoms with E-state index in [-0.39, 0.29) is 5.54 Å². The summed E-state index contributed by atoms with van der Waals surface area (Å²) in [6, 6.07) is 0. The van der Waals surface area contributed by atoms with E-state index in [4.69, 9.17) is 5.73 Å². The van der Waals surface area contributed by atoms with Crippen molar-refractivity contribution in [3.63, 3.8) is 0 Å². The normalized spacial score (nSPS) is 11.0. The fourth-order valence-corrected chi connectivity index (χ4v) is 1.89. The lowest BCUT2D eigenvalue weighted by Gasteiger charge is -2.17. The highest BCUT2D eigenvalue weighted by Crippen LogP contribution is 2.13. The molecule has 0 aliphatic carbocycles. The van der Waals surface area contributed by atoms with Gasteiger partial charge in [-0.15, -0.1) is 0 Å². The molecule has 0 heterocycles. The summed E-state index contributed by atoms with van der Waals surface area (Å²) >= 11 is 0. The van der Waals surface area contributed by atoms with Crippen LogP contribution in [0.1, 0.15) is 105 Å². The van der Waals surface area contributed by atoms with Crippen molar-refractivity contribution in [3.05, 3.63) is 0 Å². The molecular weight excluding hydrogens is 218 g/mol. The molecular formula is C17H39N. The zero-order valence-corrected chi connectivity index (χ0v) is 13.9. The van der Waals surface area contributed by atoms with Gasteiger partial charge in [0.2, 0.25) is 0 Å². The summed E-state index contributed by atoms with van der Waals surface area (Å²) in [5.41, 5.74) is 5.97. The van der Waals surface area contributed by atoms with E-state index in [2.05, 4.69) is 34.6 Å². The molecule has 0 radical (unpaired) electrons. The Balaban J connectivity index is 0. The van der Waals surface area contributed by atoms with Gasteiger partial charge in [0.15, 0.2) is 0 Å². The van der Waals surface area contributed by atoms with Crippen LogP contribution >= 0.6 is 0 Å². The second-order valence-corrected chi connectivity index (χ2v) is 6.27. The highest BCUT2D eigenvalue weighted by atomic mass is 14.7. The molecule has 0 spiro atoms. The average Bonchev–Trinajstić information content (AvgIpc) is 2.26. The monoisotopic (exact) mass is 257 g/mol. The molecule has 0 aromatic heterocycles. The minimum atomic E-state index is 0.0428. The first kappa shape index (κ1) is 20.3. The number of rotatable bonds is 10. The number of hydrogen-bond acceptors (Lipinski definition) is 1. The van der Waals surface area contributed by atoms with Crippen LogP contribution in [0.3, 0.4) is 0 Å². The van der Waals surface area contributed by atoms with Gasteiger partial charge in [-0.05, 0) is 20.3 Å². The molecule has 0 amide bonds. The third-order valence-corrected chi connectivity index (χ3v) is 2.92. The molecule has 18 heavy (non-hydrogen) atoms. The third kappa shape index (κ3) is 25.0. The van der Waals surface area contributed by atoms with Crippen molar-refractivity contribution in [3.8, 4) is 0 Å². The molecule has 0 aromatic rings. The van der Waals surface area contributed by atoms with Gasteiger partial charge in [0.25, 0.3) is 0 Å². The van der Waals surface area contributed by atoms with E-state index in [0.29, 0.717) is 0 Å². The second-order valence-electron chi connectivity index (χ2n) is 6.27. The van der Waals surface area contributed by atoms with Crippen LogP contribution < -0.4 is 5.73 Å². The van der Waals surface area contributed by atoms with Crippen molar-refractivity contribution < 1.29 is 0 Å². The molecule has 0 bridgehead atoms. The van der Waals surface area contributed by atoms with Crippen molar-refractivity contribution in [2.75, 3.05) is 0 Å². The Morgan fingerprint density at radius 3 is 1.33 bits per heavy atom. The molecule has 0 aliphatic rings. The van der Waals surface area contributed by atoms with Gasteiger partial charge in [-0.25, -0.2) is 0 Å². The van der Waals surface area contributed by atoms with Crippen molar-refractivity contribution in [1.82, 2.24) is 0 Å². The molecule has 0 rings (SSSR count). The molecule has 0 aliphatic heterocycles. The standard InChI is InChI=1S/C14H31N.C3H8/c1-4-5-6-7-8-9-10-11-12-13-14(2,3)15;1-3-2/h4-13,15H2,1-3H3;3H2,1-2H3. The van der Waals surface area contributed by atoms with Gasteiger partial charge >= 0.3 is 0 Å². The SMILES string of the molecule is CCC.CCCCCCCCCCCC(C)(C)N. The van der Waals surface area contributed by atoms with E-state index in [1.165, 1.54) is 70.6 Å². The number of nitrogens with two attached hydrogens (primary N) is 1. The van der Waals surface area contributed by atoms with Gasteiger partial charge < -0.3 is 5.73 Å². The van der Waals surface area contributed by atoms with Crippen LogP contribution in [0.15, 0.2) is 0 Å². The predicted octanol–water partition coefficient (Wildman–Crippen LogP) is 6.06. The highest BCUT2D eigenvalue weighted by molar-refractivity contribution is 4.70. The van der Waals surface area contributed by atoms with Crippen LogP contribution in [0.5, 0.6) is 0 Å². The summed E-state index contributed by atoms with van der Waals surface area (Å²) in [6.07, 6.45) is 15.0. The van der Waals surface area contributed by atoms with E-state index in [0.717, 1.165) is 0 Å². The van der Waals surface area contributed by atoms with E-state index in [1.807, 2.05) is 0 Å². The molecule has 0 atom stereocenters. The maximum absolute atomic E-state index is 5.93. The first-order chi connectivity index (χ1) is 8.47. The summed E-state index contributed by atoms with van der Waals surface area (Å²) in [7, 11) is 0. The average molecular weight is 258 g/mol. The summed E-state index contributed by atoms with van der Waals surface area (Å²) < 4.78 is 0. The Morgan fingerprint density at radius 2 is 1.00 bits per heavy atom. The second kappa shape index (κ2) is 15.0. The van der Waals surface area contributed by atoms with E-state index < -0.39 is 0 Å². The van der Waals surface area contributed by atoms with Crippen LogP contribution in [0, 0.1) is 0 Å². The van der Waals surface area contributed by atoms with E-state index >= 15 is 0 Å². The summed E-state index contributed by atoms with van der Waals surface area (Å²) in [4.78, 5) is 0. The van der Waals surface area contributed by atoms with Crippen LogP contribution in [0.2, 0.25) is 0 Å². The molecule has 0 unspecified atom stereocenters. The Hall–Kier alpha value is -0.0400. The quantitative estimate of drug-likeness (QED) is 0.473. The molecule has 1 heteroatoms. The van der Waals surface area contributed by atoms with Crippen molar-refractivity contribution in [2.45, 2.75) is 111 Å². The topological polar surface area (TPSA) is 26.0 Å². The fraction of sp³-hybridized carbons (Fsp3) is 1.00. The Labute approximate surface area is 117 Å². The fourth-order valence-electron chi connectivity index (χ4n) is 1.89. The highest BCUT2D eigenvalue weighted by Gasteiger charge is 2.08. The van der Waals surface area contributed by atoms with Gasteiger partial charge in [-0.3, -0.25) is 0 Å². The van der Waals surface area contributed by atoms with Gasteiger partial charge in [0.05, 0.1) is 0 Å². The number of hydrogen-bond donors (Lipinski definition) is 1. The lowest BCUT2D eigenvalue weighted by Crippen LogP contribution is -2.31. The maximum Gasteiger partial charge on any atom is 0.00970 e. The van der Waals surface area contributed by atoms with Crippen molar-refractivity contribution in [1.29, 1.82) is 0 Å². The summed E-state index contributed by atoms with van der Waals surface area (Å²) in [5, 5.41) is 0. The molecule has 0 aromatic carbocycles. The van der Waals surface area contributed by atoms with Crippen LogP contribution in [-0.4, -0.2) is 5.54 Å². The van der Waals surface area contributed by atoms with E-state index in [1.54, 1.807) is 0 Å². The van der Waals surface area contributed by atoms with Crippen LogP contribution in [0.4, 0.5) is 0 Å². The molecule has 112 valence electrons. The molecule has 0 saturated carbocycles. The Bertz CT molecular complexity index is 135. The minimum absolute atomic E-state index is 0.0428. The summed E-state index contributed by atoms with van der Waals surface area (Å²) in [6.45, 7) is 10.8. The first-order valence-corrected chi connectivity index (χ1v) is 8.26. The maximum atomic E-state index is 5.93. The Kier molecular flexibility index (Phi) is 16.9. The van der Waals surface area contributed by atoms with Crippen molar-refractivity contribution in [2.24, 2.45) is 5.73 Å². The van der Waals surface area contributed by atoms with Gasteiger partial charge in [0.1, 0.15) is 0 Å². The zero-order chi connectivity index (χ0) is 14.3. The zero-order valence-electron chi connectivity index (χ0n) is 13.9. The molecule has 2 N–H and O–H groups in total. The third-order valence-electron chi connectivity index (χ3n) is 2.92. The largest absolute Gasteiger partial charge is 0.326 e. The smallest absolute Gasteiger partial charge is 0.00970 e. The minimum Gasteiger partial charge on any atom is -0.326 e.